The average molecular weight is 319 g/mol. The summed E-state index contributed by atoms with van der Waals surface area (Å²) in [7, 11) is 0. The number of hydrogen-bond donors (Lipinski definition) is 2. The van der Waals surface area contributed by atoms with Gasteiger partial charge in [-0.05, 0) is 31.9 Å². The zero-order valence-corrected chi connectivity index (χ0v) is 13.3. The van der Waals surface area contributed by atoms with Crippen molar-refractivity contribution in [1.29, 1.82) is 0 Å². The number of aryl methyl sites for hydroxylation is 1. The van der Waals surface area contributed by atoms with E-state index in [9.17, 15) is 4.79 Å². The van der Waals surface area contributed by atoms with Crippen molar-refractivity contribution in [3.63, 3.8) is 0 Å². The van der Waals surface area contributed by atoms with E-state index in [2.05, 4.69) is 20.5 Å². The number of hydrogen-bond acceptors (Lipinski definition) is 3. The molecule has 0 spiro atoms. The quantitative estimate of drug-likeness (QED) is 0.904. The van der Waals surface area contributed by atoms with Gasteiger partial charge in [-0.1, -0.05) is 24.4 Å². The van der Waals surface area contributed by atoms with Crippen molar-refractivity contribution in [2.24, 2.45) is 0 Å². The minimum atomic E-state index is -0.126. The van der Waals surface area contributed by atoms with Gasteiger partial charge < -0.3 is 5.32 Å². The number of pyridine rings is 1. The van der Waals surface area contributed by atoms with E-state index in [1.807, 2.05) is 13.0 Å². The Labute approximate surface area is 134 Å². The summed E-state index contributed by atoms with van der Waals surface area (Å²) < 4.78 is 0. The molecule has 0 unspecified atom stereocenters. The first kappa shape index (κ1) is 15.0. The van der Waals surface area contributed by atoms with Crippen molar-refractivity contribution in [2.45, 2.75) is 44.9 Å². The number of rotatable bonds is 4. The van der Waals surface area contributed by atoms with Gasteiger partial charge in [0.2, 0.25) is 5.91 Å². The molecule has 2 aromatic rings. The largest absolute Gasteiger partial charge is 0.309 e. The van der Waals surface area contributed by atoms with E-state index < -0.39 is 0 Å². The van der Waals surface area contributed by atoms with Gasteiger partial charge in [0.15, 0.2) is 5.82 Å². The molecular weight excluding hydrogens is 300 g/mol. The molecule has 2 aromatic heterocycles. The SMILES string of the molecule is Cc1nc(CC(=O)Nc2cc(C3CCCC3)[nH]n2)ccc1Cl. The summed E-state index contributed by atoms with van der Waals surface area (Å²) in [5.41, 5.74) is 2.55. The highest BCUT2D eigenvalue weighted by atomic mass is 35.5. The average Bonchev–Trinajstić information content (AvgIpc) is 3.13. The lowest BCUT2D eigenvalue weighted by atomic mass is 10.0. The summed E-state index contributed by atoms with van der Waals surface area (Å²) in [6.07, 6.45) is 5.15. The first-order valence-electron chi connectivity index (χ1n) is 7.59. The Morgan fingerprint density at radius 1 is 1.41 bits per heavy atom. The van der Waals surface area contributed by atoms with Crippen LogP contribution in [0.4, 0.5) is 5.82 Å². The number of amides is 1. The predicted molar refractivity (Wildman–Crippen MR) is 86.1 cm³/mol. The van der Waals surface area contributed by atoms with Crippen LogP contribution in [0, 0.1) is 6.92 Å². The normalized spacial score (nSPS) is 15.2. The number of nitrogens with zero attached hydrogens (tertiary/aromatic N) is 2. The van der Waals surface area contributed by atoms with Gasteiger partial charge in [0.1, 0.15) is 0 Å². The number of aromatic amines is 1. The molecule has 22 heavy (non-hydrogen) atoms. The maximum atomic E-state index is 12.1. The summed E-state index contributed by atoms with van der Waals surface area (Å²) in [6.45, 7) is 1.82. The topological polar surface area (TPSA) is 70.7 Å². The number of halogens is 1. The van der Waals surface area contributed by atoms with Crippen LogP contribution in [-0.4, -0.2) is 21.1 Å². The van der Waals surface area contributed by atoms with Crippen LogP contribution in [0.3, 0.4) is 0 Å². The second kappa shape index (κ2) is 6.48. The van der Waals surface area contributed by atoms with Crippen molar-refractivity contribution in [3.8, 4) is 0 Å². The van der Waals surface area contributed by atoms with Gasteiger partial charge in [0.05, 0.1) is 22.8 Å². The Hall–Kier alpha value is -1.88. The smallest absolute Gasteiger partial charge is 0.231 e. The summed E-state index contributed by atoms with van der Waals surface area (Å²) >= 11 is 5.93. The van der Waals surface area contributed by atoms with Crippen molar-refractivity contribution < 1.29 is 4.79 Å². The molecule has 0 bridgehead atoms. The van der Waals surface area contributed by atoms with E-state index in [-0.39, 0.29) is 12.3 Å². The van der Waals surface area contributed by atoms with Crippen LogP contribution >= 0.6 is 11.6 Å². The van der Waals surface area contributed by atoms with Crippen LogP contribution in [0.2, 0.25) is 5.02 Å². The molecule has 0 radical (unpaired) electrons. The first-order valence-corrected chi connectivity index (χ1v) is 7.97. The highest BCUT2D eigenvalue weighted by Gasteiger charge is 2.19. The Balaban J connectivity index is 1.60. The number of anilines is 1. The van der Waals surface area contributed by atoms with Crippen LogP contribution in [0.25, 0.3) is 0 Å². The Kier molecular flexibility index (Phi) is 4.43. The molecule has 2 heterocycles. The first-order chi connectivity index (χ1) is 10.6. The number of aromatic nitrogens is 3. The maximum Gasteiger partial charge on any atom is 0.231 e. The van der Waals surface area contributed by atoms with E-state index >= 15 is 0 Å². The number of nitrogens with one attached hydrogen (secondary N) is 2. The molecule has 1 amide bonds. The lowest BCUT2D eigenvalue weighted by Gasteiger charge is -2.04. The number of carbonyl (C=O) groups excluding carboxylic acids is 1. The highest BCUT2D eigenvalue weighted by Crippen LogP contribution is 2.33. The second-order valence-electron chi connectivity index (χ2n) is 5.78. The zero-order chi connectivity index (χ0) is 15.5. The van der Waals surface area contributed by atoms with E-state index in [1.165, 1.54) is 25.7 Å². The maximum absolute atomic E-state index is 12.1. The van der Waals surface area contributed by atoms with Crippen molar-refractivity contribution in [3.05, 3.63) is 40.3 Å². The second-order valence-corrected chi connectivity index (χ2v) is 6.19. The van der Waals surface area contributed by atoms with E-state index in [0.717, 1.165) is 11.4 Å². The Morgan fingerprint density at radius 3 is 2.91 bits per heavy atom. The predicted octanol–water partition coefficient (Wildman–Crippen LogP) is 3.61. The monoisotopic (exact) mass is 318 g/mol. The van der Waals surface area contributed by atoms with Gasteiger partial charge in [-0.25, -0.2) is 0 Å². The van der Waals surface area contributed by atoms with Gasteiger partial charge in [-0.2, -0.15) is 5.10 Å². The van der Waals surface area contributed by atoms with E-state index in [0.29, 0.717) is 22.5 Å². The Bertz CT molecular complexity index is 677. The molecule has 2 N–H and O–H groups in total. The lowest BCUT2D eigenvalue weighted by Crippen LogP contribution is -2.15. The van der Waals surface area contributed by atoms with Crippen LogP contribution < -0.4 is 5.32 Å². The minimum Gasteiger partial charge on any atom is -0.309 e. The van der Waals surface area contributed by atoms with Crippen LogP contribution in [-0.2, 0) is 11.2 Å². The van der Waals surface area contributed by atoms with Gasteiger partial charge >= 0.3 is 0 Å². The number of H-pyrrole nitrogens is 1. The van der Waals surface area contributed by atoms with Crippen LogP contribution in [0.15, 0.2) is 18.2 Å². The molecule has 1 aliphatic rings. The molecule has 3 rings (SSSR count). The molecule has 0 aromatic carbocycles. The molecule has 6 heteroatoms. The standard InChI is InChI=1S/C16H19ClN4O/c1-10-13(17)7-6-12(18-10)8-16(22)19-15-9-14(20-21-15)11-4-2-3-5-11/h6-7,9,11H,2-5,8H2,1H3,(H2,19,20,21,22). The third-order valence-corrected chi connectivity index (χ3v) is 4.48. The van der Waals surface area contributed by atoms with E-state index in [1.54, 1.807) is 12.1 Å². The van der Waals surface area contributed by atoms with Gasteiger partial charge in [0, 0.05) is 17.7 Å². The third kappa shape index (κ3) is 3.47. The van der Waals surface area contributed by atoms with Gasteiger partial charge in [0.25, 0.3) is 0 Å². The third-order valence-electron chi connectivity index (χ3n) is 4.08. The molecule has 116 valence electrons. The Morgan fingerprint density at radius 2 is 2.18 bits per heavy atom. The van der Waals surface area contributed by atoms with Gasteiger partial charge in [-0.3, -0.25) is 14.9 Å². The zero-order valence-electron chi connectivity index (χ0n) is 12.5. The minimum absolute atomic E-state index is 0.126. The summed E-state index contributed by atoms with van der Waals surface area (Å²) in [4.78, 5) is 16.4. The molecule has 5 nitrogen and oxygen atoms in total. The molecular formula is C16H19ClN4O. The van der Waals surface area contributed by atoms with Crippen LogP contribution in [0.1, 0.15) is 48.7 Å². The van der Waals surface area contributed by atoms with Crippen molar-refractivity contribution >= 4 is 23.3 Å². The van der Waals surface area contributed by atoms with E-state index in [4.69, 9.17) is 11.6 Å². The highest BCUT2D eigenvalue weighted by molar-refractivity contribution is 6.31. The fraction of sp³-hybridized carbons (Fsp3) is 0.438. The van der Waals surface area contributed by atoms with Crippen molar-refractivity contribution in [1.82, 2.24) is 15.2 Å². The molecule has 0 aliphatic heterocycles. The summed E-state index contributed by atoms with van der Waals surface area (Å²) in [5.74, 6) is 1.01. The lowest BCUT2D eigenvalue weighted by molar-refractivity contribution is -0.115. The molecule has 0 saturated heterocycles. The summed E-state index contributed by atoms with van der Waals surface area (Å²) in [5, 5.41) is 10.6. The molecule has 1 aliphatic carbocycles. The molecule has 1 fully saturated rings. The number of carbonyl (C=O) groups is 1. The molecule has 0 atom stereocenters. The van der Waals surface area contributed by atoms with Crippen LogP contribution in [0.5, 0.6) is 0 Å². The fourth-order valence-corrected chi connectivity index (χ4v) is 3.00. The fourth-order valence-electron chi connectivity index (χ4n) is 2.89. The molecule has 1 saturated carbocycles. The summed E-state index contributed by atoms with van der Waals surface area (Å²) in [6, 6.07) is 5.47. The van der Waals surface area contributed by atoms with Gasteiger partial charge in [-0.15, -0.1) is 0 Å². The van der Waals surface area contributed by atoms with Crippen molar-refractivity contribution in [2.75, 3.05) is 5.32 Å².